The number of nitrogens with zero attached hydrogens (tertiary/aromatic N) is 1. The van der Waals surface area contributed by atoms with Crippen molar-refractivity contribution in [3.8, 4) is 0 Å². The van der Waals surface area contributed by atoms with Crippen LogP contribution in [0, 0.1) is 6.92 Å². The van der Waals surface area contributed by atoms with E-state index >= 15 is 0 Å². The Kier molecular flexibility index (Phi) is 5.03. The molecule has 0 radical (unpaired) electrons. The minimum absolute atomic E-state index is 0.334. The van der Waals surface area contributed by atoms with Gasteiger partial charge in [-0.2, -0.15) is 0 Å². The van der Waals surface area contributed by atoms with E-state index in [1.807, 2.05) is 32.3 Å². The van der Waals surface area contributed by atoms with Gasteiger partial charge in [0.05, 0.1) is 4.90 Å². The van der Waals surface area contributed by atoms with Crippen LogP contribution in [0.5, 0.6) is 0 Å². The van der Waals surface area contributed by atoms with Crippen LogP contribution in [0.2, 0.25) is 0 Å². The van der Waals surface area contributed by atoms with Crippen LogP contribution < -0.4 is 5.32 Å². The third-order valence-electron chi connectivity index (χ3n) is 2.93. The van der Waals surface area contributed by atoms with Crippen molar-refractivity contribution in [2.45, 2.75) is 28.3 Å². The maximum atomic E-state index is 11.4. The first-order valence-electron chi connectivity index (χ1n) is 6.48. The number of benzene rings is 1. The van der Waals surface area contributed by atoms with Crippen molar-refractivity contribution >= 4 is 21.6 Å². The Morgan fingerprint density at radius 1 is 1.24 bits per heavy atom. The zero-order valence-corrected chi connectivity index (χ0v) is 13.9. The minimum atomic E-state index is -3.14. The maximum Gasteiger partial charge on any atom is 0.175 e. The van der Waals surface area contributed by atoms with Crippen LogP contribution in [0.4, 0.5) is 0 Å². The van der Waals surface area contributed by atoms with E-state index < -0.39 is 9.84 Å². The van der Waals surface area contributed by atoms with E-state index in [9.17, 15) is 8.42 Å². The van der Waals surface area contributed by atoms with E-state index in [-0.39, 0.29) is 0 Å². The second-order valence-corrected chi connectivity index (χ2v) is 7.92. The molecule has 0 atom stereocenters. The Bertz CT molecular complexity index is 726. The van der Waals surface area contributed by atoms with Crippen LogP contribution in [0.15, 0.2) is 51.3 Å². The minimum Gasteiger partial charge on any atom is -0.316 e. The van der Waals surface area contributed by atoms with Crippen molar-refractivity contribution in [2.24, 2.45) is 0 Å². The molecule has 0 spiro atoms. The first-order valence-corrected chi connectivity index (χ1v) is 9.19. The topological polar surface area (TPSA) is 59.1 Å². The lowest BCUT2D eigenvalue weighted by Crippen LogP contribution is -2.05. The molecule has 0 aliphatic rings. The summed E-state index contributed by atoms with van der Waals surface area (Å²) in [6, 6.07) is 8.98. The van der Waals surface area contributed by atoms with Gasteiger partial charge in [0.15, 0.2) is 9.84 Å². The molecule has 6 heteroatoms. The summed E-state index contributed by atoms with van der Waals surface area (Å²) in [5, 5.41) is 4.03. The van der Waals surface area contributed by atoms with Crippen LogP contribution in [-0.2, 0) is 16.4 Å². The first-order chi connectivity index (χ1) is 9.90. The van der Waals surface area contributed by atoms with Gasteiger partial charge in [0.1, 0.15) is 5.03 Å². The third-order valence-corrected chi connectivity index (χ3v) is 5.19. The number of aromatic nitrogens is 1. The molecular weight excluding hydrogens is 304 g/mol. The molecule has 0 aliphatic carbocycles. The molecular formula is C15H18N2O2S2. The number of hydrogen-bond acceptors (Lipinski definition) is 5. The van der Waals surface area contributed by atoms with Gasteiger partial charge >= 0.3 is 0 Å². The van der Waals surface area contributed by atoms with Crippen molar-refractivity contribution in [1.82, 2.24) is 10.3 Å². The Hall–Kier alpha value is -1.37. The Labute approximate surface area is 129 Å². The molecule has 21 heavy (non-hydrogen) atoms. The summed E-state index contributed by atoms with van der Waals surface area (Å²) in [6.07, 6.45) is 3.07. The average molecular weight is 322 g/mol. The molecule has 0 unspecified atom stereocenters. The summed E-state index contributed by atoms with van der Waals surface area (Å²) in [5.41, 5.74) is 2.26. The lowest BCUT2D eigenvalue weighted by Gasteiger charge is -2.07. The Morgan fingerprint density at radius 2 is 1.90 bits per heavy atom. The maximum absolute atomic E-state index is 11.4. The van der Waals surface area contributed by atoms with Crippen molar-refractivity contribution in [1.29, 1.82) is 0 Å². The van der Waals surface area contributed by atoms with Crippen molar-refractivity contribution < 1.29 is 8.42 Å². The normalized spacial score (nSPS) is 11.6. The number of sulfone groups is 1. The van der Waals surface area contributed by atoms with Gasteiger partial charge in [0.2, 0.25) is 0 Å². The first kappa shape index (κ1) is 16.0. The van der Waals surface area contributed by atoms with Crippen molar-refractivity contribution in [3.05, 3.63) is 47.7 Å². The molecule has 4 nitrogen and oxygen atoms in total. The van der Waals surface area contributed by atoms with Gasteiger partial charge < -0.3 is 5.32 Å². The standard InChI is InChI=1S/C15H18N2O2S2/c1-11-8-12(9-16-2)10-17-15(11)20-13-4-6-14(7-5-13)21(3,18)19/h4-8,10,16H,9H2,1-3H3. The third kappa shape index (κ3) is 4.30. The number of nitrogens with one attached hydrogen (secondary N) is 1. The van der Waals surface area contributed by atoms with Gasteiger partial charge in [-0.1, -0.05) is 17.8 Å². The van der Waals surface area contributed by atoms with Crippen molar-refractivity contribution in [2.75, 3.05) is 13.3 Å². The monoisotopic (exact) mass is 322 g/mol. The molecule has 1 aromatic heterocycles. The molecule has 0 aliphatic heterocycles. The molecule has 0 fully saturated rings. The second kappa shape index (κ2) is 6.60. The molecule has 0 amide bonds. The molecule has 2 rings (SSSR count). The smallest absolute Gasteiger partial charge is 0.175 e. The summed E-state index contributed by atoms with van der Waals surface area (Å²) >= 11 is 1.53. The highest BCUT2D eigenvalue weighted by atomic mass is 32.2. The van der Waals surface area contributed by atoms with Crippen LogP contribution in [-0.4, -0.2) is 26.7 Å². The van der Waals surface area contributed by atoms with E-state index in [0.29, 0.717) is 4.90 Å². The fourth-order valence-electron chi connectivity index (χ4n) is 1.89. The molecule has 0 saturated heterocycles. The van der Waals surface area contributed by atoms with Gasteiger partial charge in [-0.05, 0) is 49.4 Å². The predicted molar refractivity (Wildman–Crippen MR) is 85.4 cm³/mol. The largest absolute Gasteiger partial charge is 0.316 e. The summed E-state index contributed by atoms with van der Waals surface area (Å²) in [4.78, 5) is 5.77. The fraction of sp³-hybridized carbons (Fsp3) is 0.267. The highest BCUT2D eigenvalue weighted by Gasteiger charge is 2.08. The molecule has 112 valence electrons. The zero-order chi connectivity index (χ0) is 15.5. The van der Waals surface area contributed by atoms with Crippen LogP contribution in [0.25, 0.3) is 0 Å². The SMILES string of the molecule is CNCc1cnc(Sc2ccc(S(C)(=O)=O)cc2)c(C)c1. The number of pyridine rings is 1. The average Bonchev–Trinajstić information content (AvgIpc) is 2.42. The van der Waals surface area contributed by atoms with E-state index in [1.54, 1.807) is 12.1 Å². The van der Waals surface area contributed by atoms with Crippen LogP contribution in [0.3, 0.4) is 0 Å². The summed E-state index contributed by atoms with van der Waals surface area (Å²) < 4.78 is 22.9. The predicted octanol–water partition coefficient (Wildman–Crippen LogP) is 2.66. The fourth-order valence-corrected chi connectivity index (χ4v) is 3.35. The molecule has 0 bridgehead atoms. The van der Waals surface area contributed by atoms with Gasteiger partial charge in [-0.15, -0.1) is 0 Å². The van der Waals surface area contributed by atoms with Crippen LogP contribution >= 0.6 is 11.8 Å². The summed E-state index contributed by atoms with van der Waals surface area (Å²) in [7, 11) is -1.24. The lowest BCUT2D eigenvalue weighted by atomic mass is 10.2. The molecule has 2 aromatic rings. The zero-order valence-electron chi connectivity index (χ0n) is 12.3. The number of rotatable bonds is 5. The van der Waals surface area contributed by atoms with Gasteiger partial charge in [-0.3, -0.25) is 0 Å². The Morgan fingerprint density at radius 3 is 2.43 bits per heavy atom. The van der Waals surface area contributed by atoms with Crippen molar-refractivity contribution in [3.63, 3.8) is 0 Å². The van der Waals surface area contributed by atoms with Gasteiger partial charge in [0, 0.05) is 23.9 Å². The summed E-state index contributed by atoms with van der Waals surface area (Å²) in [5.74, 6) is 0. The Balaban J connectivity index is 2.18. The van der Waals surface area contributed by atoms with E-state index in [1.165, 1.54) is 18.0 Å². The highest BCUT2D eigenvalue weighted by Crippen LogP contribution is 2.29. The van der Waals surface area contributed by atoms with E-state index in [4.69, 9.17) is 0 Å². The molecule has 1 N–H and O–H groups in total. The van der Waals surface area contributed by atoms with E-state index in [0.717, 1.165) is 27.6 Å². The molecule has 0 saturated carbocycles. The van der Waals surface area contributed by atoms with Crippen LogP contribution in [0.1, 0.15) is 11.1 Å². The lowest BCUT2D eigenvalue weighted by molar-refractivity contribution is 0.602. The van der Waals surface area contributed by atoms with Gasteiger partial charge in [-0.25, -0.2) is 13.4 Å². The second-order valence-electron chi connectivity index (χ2n) is 4.84. The number of aryl methyl sites for hydroxylation is 1. The quantitative estimate of drug-likeness (QED) is 0.917. The van der Waals surface area contributed by atoms with Gasteiger partial charge in [0.25, 0.3) is 0 Å². The summed E-state index contributed by atoms with van der Waals surface area (Å²) in [6.45, 7) is 2.82. The molecule has 1 aromatic carbocycles. The highest BCUT2D eigenvalue weighted by molar-refractivity contribution is 7.99. The van der Waals surface area contributed by atoms with E-state index in [2.05, 4.69) is 16.4 Å². The molecule has 1 heterocycles. The number of hydrogen-bond donors (Lipinski definition) is 1.